The van der Waals surface area contributed by atoms with Crippen LogP contribution in [0.4, 0.5) is 0 Å². The molecule has 1 heterocycles. The van der Waals surface area contributed by atoms with Gasteiger partial charge in [-0.15, -0.1) is 0 Å². The Hall–Kier alpha value is -3.80. The maximum Gasteiger partial charge on any atom is 0.349 e. The van der Waals surface area contributed by atoms with E-state index in [9.17, 15) is 14.7 Å². The Kier molecular flexibility index (Phi) is 4.68. The van der Waals surface area contributed by atoms with Crippen LogP contribution in [0.2, 0.25) is 0 Å². The number of methoxy groups -OCH3 is 1. The van der Waals surface area contributed by atoms with Crippen LogP contribution in [0.3, 0.4) is 0 Å². The molecule has 0 saturated carbocycles. The average molecular weight is 390 g/mol. The van der Waals surface area contributed by atoms with Crippen molar-refractivity contribution in [2.24, 2.45) is 0 Å². The van der Waals surface area contributed by atoms with E-state index in [2.05, 4.69) is 0 Å². The molecule has 0 unspecified atom stereocenters. The topological polar surface area (TPSA) is 86.0 Å². The van der Waals surface area contributed by atoms with Gasteiger partial charge < -0.3 is 19.0 Å². The maximum atomic E-state index is 12.5. The van der Waals surface area contributed by atoms with Gasteiger partial charge in [-0.25, -0.2) is 9.59 Å². The van der Waals surface area contributed by atoms with Crippen molar-refractivity contribution >= 4 is 27.7 Å². The number of carboxylic acids is 1. The Morgan fingerprint density at radius 2 is 1.72 bits per heavy atom. The number of carbonyl (C=O) groups is 1. The number of ether oxygens (including phenoxy) is 2. The molecule has 0 fully saturated rings. The molecular weight excluding hydrogens is 372 g/mol. The van der Waals surface area contributed by atoms with E-state index in [0.29, 0.717) is 33.6 Å². The van der Waals surface area contributed by atoms with Gasteiger partial charge in [0, 0.05) is 21.9 Å². The third kappa shape index (κ3) is 3.29. The minimum atomic E-state index is -1.18. The quantitative estimate of drug-likeness (QED) is 0.400. The number of rotatable bonds is 5. The normalized spacial score (nSPS) is 12.1. The van der Waals surface area contributed by atoms with Crippen molar-refractivity contribution in [2.75, 3.05) is 7.11 Å². The highest BCUT2D eigenvalue weighted by molar-refractivity contribution is 6.06. The van der Waals surface area contributed by atoms with E-state index in [0.717, 1.165) is 10.8 Å². The van der Waals surface area contributed by atoms with E-state index in [1.165, 1.54) is 7.11 Å². The molecule has 0 saturated heterocycles. The molecule has 0 aliphatic rings. The van der Waals surface area contributed by atoms with Crippen molar-refractivity contribution < 1.29 is 23.8 Å². The summed E-state index contributed by atoms with van der Waals surface area (Å²) >= 11 is 0. The molecule has 146 valence electrons. The summed E-state index contributed by atoms with van der Waals surface area (Å²) in [6.45, 7) is 1.74. The van der Waals surface area contributed by atoms with Crippen LogP contribution in [0.15, 0.2) is 69.9 Å². The van der Waals surface area contributed by atoms with Crippen LogP contribution in [0.5, 0.6) is 11.5 Å². The fraction of sp³-hybridized carbons (Fsp3) is 0.130. The molecule has 0 aliphatic heterocycles. The summed E-state index contributed by atoms with van der Waals surface area (Å²) < 4.78 is 16.5. The minimum absolute atomic E-state index is 0.338. The van der Waals surface area contributed by atoms with Crippen molar-refractivity contribution in [1.29, 1.82) is 0 Å². The van der Waals surface area contributed by atoms with E-state index in [1.807, 2.05) is 0 Å². The maximum absolute atomic E-state index is 12.5. The largest absolute Gasteiger partial charge is 0.497 e. The van der Waals surface area contributed by atoms with E-state index >= 15 is 0 Å². The average Bonchev–Trinajstić information content (AvgIpc) is 2.74. The van der Waals surface area contributed by atoms with E-state index in [4.69, 9.17) is 13.9 Å². The molecule has 29 heavy (non-hydrogen) atoms. The Balaban J connectivity index is 1.85. The van der Waals surface area contributed by atoms with Gasteiger partial charge in [0.15, 0.2) is 0 Å². The zero-order valence-corrected chi connectivity index (χ0v) is 15.8. The van der Waals surface area contributed by atoms with Crippen molar-refractivity contribution in [3.05, 3.63) is 82.2 Å². The SMILES string of the molecule is COc1ccc2c(c1)c(=O)oc1c(C)c(O[C@@H](C(=O)O)c3ccccc3)ccc12. The Labute approximate surface area is 165 Å². The zero-order valence-electron chi connectivity index (χ0n) is 15.8. The van der Waals surface area contributed by atoms with Crippen LogP contribution in [0.1, 0.15) is 17.2 Å². The lowest BCUT2D eigenvalue weighted by Crippen LogP contribution is -2.18. The predicted octanol–water partition coefficient (Wildman–Crippen LogP) is 4.47. The highest BCUT2D eigenvalue weighted by atomic mass is 16.5. The van der Waals surface area contributed by atoms with Gasteiger partial charge in [0.25, 0.3) is 0 Å². The smallest absolute Gasteiger partial charge is 0.349 e. The van der Waals surface area contributed by atoms with Gasteiger partial charge in [0.1, 0.15) is 17.1 Å². The monoisotopic (exact) mass is 390 g/mol. The molecule has 0 amide bonds. The molecule has 0 spiro atoms. The highest BCUT2D eigenvalue weighted by Gasteiger charge is 2.23. The number of aliphatic carboxylic acids is 1. The fourth-order valence-electron chi connectivity index (χ4n) is 3.36. The van der Waals surface area contributed by atoms with Crippen LogP contribution in [-0.4, -0.2) is 18.2 Å². The third-order valence-corrected chi connectivity index (χ3v) is 4.86. The van der Waals surface area contributed by atoms with Crippen molar-refractivity contribution in [1.82, 2.24) is 0 Å². The number of benzene rings is 3. The number of aryl methyl sites for hydroxylation is 1. The first-order valence-electron chi connectivity index (χ1n) is 8.98. The molecule has 0 radical (unpaired) electrons. The van der Waals surface area contributed by atoms with E-state index in [-0.39, 0.29) is 0 Å². The fourth-order valence-corrected chi connectivity index (χ4v) is 3.36. The molecule has 0 aliphatic carbocycles. The minimum Gasteiger partial charge on any atom is -0.497 e. The van der Waals surface area contributed by atoms with Gasteiger partial charge in [-0.2, -0.15) is 0 Å². The second-order valence-electron chi connectivity index (χ2n) is 6.61. The summed E-state index contributed by atoms with van der Waals surface area (Å²) in [5.41, 5.74) is 0.943. The summed E-state index contributed by atoms with van der Waals surface area (Å²) in [5, 5.41) is 11.5. The standard InChI is InChI=1S/C23H18O6/c1-13-19(28-21(22(24)25)14-6-4-3-5-7-14)11-10-17-16-9-8-15(27-2)12-18(16)23(26)29-20(13)17/h3-12,21H,1-2H3,(H,24,25)/t21-/m1/s1. The molecule has 1 N–H and O–H groups in total. The van der Waals surface area contributed by atoms with Gasteiger partial charge in [0.2, 0.25) is 6.10 Å². The highest BCUT2D eigenvalue weighted by Crippen LogP contribution is 2.34. The van der Waals surface area contributed by atoms with Gasteiger partial charge >= 0.3 is 11.6 Å². The van der Waals surface area contributed by atoms with Crippen molar-refractivity contribution in [3.63, 3.8) is 0 Å². The Bertz CT molecular complexity index is 1270. The second kappa shape index (κ2) is 7.31. The lowest BCUT2D eigenvalue weighted by atomic mass is 10.0. The number of carboxylic acid groups (broad SMARTS) is 1. The molecule has 1 atom stereocenters. The van der Waals surface area contributed by atoms with Crippen LogP contribution >= 0.6 is 0 Å². The van der Waals surface area contributed by atoms with Crippen LogP contribution < -0.4 is 15.1 Å². The summed E-state index contributed by atoms with van der Waals surface area (Å²) in [7, 11) is 1.53. The Morgan fingerprint density at radius 3 is 2.41 bits per heavy atom. The lowest BCUT2D eigenvalue weighted by Gasteiger charge is -2.18. The van der Waals surface area contributed by atoms with E-state index in [1.54, 1.807) is 67.6 Å². The summed E-state index contributed by atoms with van der Waals surface area (Å²) in [6, 6.07) is 17.4. The van der Waals surface area contributed by atoms with Gasteiger partial charge in [-0.05, 0) is 37.3 Å². The lowest BCUT2D eigenvalue weighted by molar-refractivity contribution is -0.145. The van der Waals surface area contributed by atoms with E-state index < -0.39 is 17.7 Å². The number of fused-ring (bicyclic) bond motifs is 3. The van der Waals surface area contributed by atoms with Crippen molar-refractivity contribution in [3.8, 4) is 11.5 Å². The number of hydrogen-bond donors (Lipinski definition) is 1. The molecule has 3 aromatic carbocycles. The van der Waals surface area contributed by atoms with Crippen molar-refractivity contribution in [2.45, 2.75) is 13.0 Å². The molecular formula is C23H18O6. The zero-order chi connectivity index (χ0) is 20.5. The third-order valence-electron chi connectivity index (χ3n) is 4.86. The Morgan fingerprint density at radius 1 is 1.00 bits per heavy atom. The molecule has 4 aromatic rings. The van der Waals surface area contributed by atoms with Gasteiger partial charge in [0.05, 0.1) is 12.5 Å². The van der Waals surface area contributed by atoms with Crippen LogP contribution in [0.25, 0.3) is 21.7 Å². The molecule has 4 rings (SSSR count). The molecule has 1 aromatic heterocycles. The summed E-state index contributed by atoms with van der Waals surface area (Å²) in [6.07, 6.45) is -1.18. The molecule has 6 nitrogen and oxygen atoms in total. The number of hydrogen-bond acceptors (Lipinski definition) is 5. The van der Waals surface area contributed by atoms with Crippen LogP contribution in [-0.2, 0) is 4.79 Å². The molecule has 6 heteroatoms. The molecule has 0 bridgehead atoms. The first-order valence-corrected chi connectivity index (χ1v) is 8.98. The second-order valence-corrected chi connectivity index (χ2v) is 6.61. The first kappa shape index (κ1) is 18.6. The van der Waals surface area contributed by atoms with Gasteiger partial charge in [-0.3, -0.25) is 0 Å². The summed E-state index contributed by atoms with van der Waals surface area (Å²) in [5.74, 6) is -0.208. The van der Waals surface area contributed by atoms with Gasteiger partial charge in [-0.1, -0.05) is 30.3 Å². The first-order chi connectivity index (χ1) is 14.0. The predicted molar refractivity (Wildman–Crippen MR) is 109 cm³/mol. The summed E-state index contributed by atoms with van der Waals surface area (Å²) in [4.78, 5) is 24.3. The van der Waals surface area contributed by atoms with Crippen LogP contribution in [0, 0.1) is 6.92 Å².